The highest BCUT2D eigenvalue weighted by Gasteiger charge is 2.29. The number of likely N-dealkylation sites (tertiary alicyclic amines) is 1. The number of hydrogen-bond donors (Lipinski definition) is 1. The summed E-state index contributed by atoms with van der Waals surface area (Å²) in [7, 11) is 0. The van der Waals surface area contributed by atoms with Gasteiger partial charge in [-0.25, -0.2) is 9.18 Å². The van der Waals surface area contributed by atoms with Crippen LogP contribution < -0.4 is 5.32 Å². The van der Waals surface area contributed by atoms with Gasteiger partial charge in [0.15, 0.2) is 0 Å². The Morgan fingerprint density at radius 3 is 2.68 bits per heavy atom. The highest BCUT2D eigenvalue weighted by molar-refractivity contribution is 5.74. The zero-order valence-electron chi connectivity index (χ0n) is 14.1. The minimum atomic E-state index is -0.267. The van der Waals surface area contributed by atoms with Gasteiger partial charge in [0, 0.05) is 38.5 Å². The smallest absolute Gasteiger partial charge is 0.317 e. The van der Waals surface area contributed by atoms with Crippen molar-refractivity contribution in [3.05, 3.63) is 47.3 Å². The molecule has 0 radical (unpaired) electrons. The maximum Gasteiger partial charge on any atom is 0.317 e. The Morgan fingerprint density at radius 2 is 1.92 bits per heavy atom. The third-order valence-electron chi connectivity index (χ3n) is 5.14. The second-order valence-corrected chi connectivity index (χ2v) is 6.78. The van der Waals surface area contributed by atoms with E-state index in [1.165, 1.54) is 12.1 Å². The number of rotatable bonds is 3. The first-order valence-corrected chi connectivity index (χ1v) is 8.90. The van der Waals surface area contributed by atoms with Crippen LogP contribution in [-0.2, 0) is 19.5 Å². The van der Waals surface area contributed by atoms with E-state index in [9.17, 15) is 9.18 Å². The number of fused-ring (bicyclic) bond motifs is 1. The molecule has 2 aliphatic rings. The lowest BCUT2D eigenvalue weighted by atomic mass is 9.96. The van der Waals surface area contributed by atoms with E-state index in [1.54, 1.807) is 12.1 Å². The van der Waals surface area contributed by atoms with Crippen LogP contribution in [0.4, 0.5) is 9.18 Å². The Balaban J connectivity index is 1.29. The molecule has 0 bridgehead atoms. The molecule has 1 N–H and O–H groups in total. The minimum Gasteiger partial charge on any atom is -0.334 e. The molecule has 0 unspecified atom stereocenters. The van der Waals surface area contributed by atoms with Crippen LogP contribution in [0, 0.1) is 5.82 Å². The molecular weight excluding hydrogens is 321 g/mol. The van der Waals surface area contributed by atoms with E-state index < -0.39 is 0 Å². The van der Waals surface area contributed by atoms with Crippen molar-refractivity contribution in [1.82, 2.24) is 25.0 Å². The summed E-state index contributed by atoms with van der Waals surface area (Å²) in [6, 6.07) is 6.13. The summed E-state index contributed by atoms with van der Waals surface area (Å²) in [5.74, 6) is 2.32. The number of urea groups is 1. The molecule has 2 aromatic rings. The van der Waals surface area contributed by atoms with E-state index in [-0.39, 0.29) is 11.8 Å². The van der Waals surface area contributed by atoms with E-state index in [1.807, 2.05) is 4.90 Å². The number of halogens is 1. The monoisotopic (exact) mass is 343 g/mol. The summed E-state index contributed by atoms with van der Waals surface area (Å²) in [5, 5.41) is 11.6. The number of piperidine rings is 1. The van der Waals surface area contributed by atoms with Gasteiger partial charge in [0.2, 0.25) is 0 Å². The number of benzene rings is 1. The first-order chi connectivity index (χ1) is 12.2. The fourth-order valence-electron chi connectivity index (χ4n) is 3.71. The quantitative estimate of drug-likeness (QED) is 0.931. The molecule has 7 heteroatoms. The number of nitrogens with zero attached hydrogens (tertiary/aromatic N) is 4. The van der Waals surface area contributed by atoms with Crippen LogP contribution in [0.5, 0.6) is 0 Å². The summed E-state index contributed by atoms with van der Waals surface area (Å²) in [6.07, 6.45) is 4.02. The second-order valence-electron chi connectivity index (χ2n) is 6.78. The molecule has 0 spiro atoms. The Morgan fingerprint density at radius 1 is 1.16 bits per heavy atom. The van der Waals surface area contributed by atoms with Crippen molar-refractivity contribution >= 4 is 6.03 Å². The summed E-state index contributed by atoms with van der Waals surface area (Å²) in [5.41, 5.74) is 0.892. The van der Waals surface area contributed by atoms with E-state index in [0.717, 1.165) is 62.5 Å². The highest BCUT2D eigenvalue weighted by Crippen LogP contribution is 2.29. The van der Waals surface area contributed by atoms with Gasteiger partial charge in [-0.1, -0.05) is 12.1 Å². The zero-order chi connectivity index (χ0) is 17.2. The van der Waals surface area contributed by atoms with Gasteiger partial charge in [-0.3, -0.25) is 0 Å². The van der Waals surface area contributed by atoms with Gasteiger partial charge in [-0.15, -0.1) is 10.2 Å². The first kappa shape index (κ1) is 16.1. The number of nitrogens with one attached hydrogen (secondary N) is 1. The van der Waals surface area contributed by atoms with Gasteiger partial charge in [-0.2, -0.15) is 0 Å². The Labute approximate surface area is 146 Å². The average molecular weight is 343 g/mol. The van der Waals surface area contributed by atoms with Gasteiger partial charge in [0.25, 0.3) is 0 Å². The molecular formula is C18H22FN5O. The molecule has 4 rings (SSSR count). The lowest BCUT2D eigenvalue weighted by Crippen LogP contribution is -2.44. The van der Waals surface area contributed by atoms with E-state index in [2.05, 4.69) is 20.1 Å². The lowest BCUT2D eigenvalue weighted by Gasteiger charge is -2.31. The summed E-state index contributed by atoms with van der Waals surface area (Å²) in [4.78, 5) is 14.2. The second kappa shape index (κ2) is 6.82. The van der Waals surface area contributed by atoms with Crippen molar-refractivity contribution < 1.29 is 9.18 Å². The predicted octanol–water partition coefficient (Wildman–Crippen LogP) is 2.45. The lowest BCUT2D eigenvalue weighted by molar-refractivity contribution is 0.179. The third-order valence-corrected chi connectivity index (χ3v) is 5.14. The maximum atomic E-state index is 12.9. The number of carbonyl (C=O) groups is 1. The molecule has 0 aliphatic carbocycles. The summed E-state index contributed by atoms with van der Waals surface area (Å²) in [6.45, 7) is 2.89. The standard InChI is InChI=1S/C18H22FN5O/c19-15-5-3-13(4-6-15)12-20-18(25)23-10-7-14(8-11-23)17-22-21-16-2-1-9-24(16)17/h3-6,14H,1-2,7-12H2,(H,20,25). The van der Waals surface area contributed by atoms with Crippen LogP contribution in [0.1, 0.15) is 42.4 Å². The minimum absolute atomic E-state index is 0.0609. The largest absolute Gasteiger partial charge is 0.334 e. The van der Waals surface area contributed by atoms with Gasteiger partial charge in [-0.05, 0) is 37.0 Å². The number of amides is 2. The Bertz CT molecular complexity index is 749. The van der Waals surface area contributed by atoms with Crippen molar-refractivity contribution in [1.29, 1.82) is 0 Å². The normalized spacial score (nSPS) is 17.6. The Kier molecular flexibility index (Phi) is 4.38. The molecule has 1 aromatic carbocycles. The topological polar surface area (TPSA) is 63.1 Å². The molecule has 0 saturated carbocycles. The van der Waals surface area contributed by atoms with Gasteiger partial charge < -0.3 is 14.8 Å². The van der Waals surface area contributed by atoms with Gasteiger partial charge >= 0.3 is 6.03 Å². The predicted molar refractivity (Wildman–Crippen MR) is 90.5 cm³/mol. The van der Waals surface area contributed by atoms with Gasteiger partial charge in [0.05, 0.1) is 0 Å². The molecule has 132 valence electrons. The number of aryl methyl sites for hydroxylation is 1. The van der Waals surface area contributed by atoms with Crippen LogP contribution in [0.25, 0.3) is 0 Å². The number of carbonyl (C=O) groups excluding carboxylic acids is 1. The van der Waals surface area contributed by atoms with Crippen LogP contribution in [0.3, 0.4) is 0 Å². The average Bonchev–Trinajstić information content (AvgIpc) is 3.25. The van der Waals surface area contributed by atoms with Crippen LogP contribution >= 0.6 is 0 Å². The summed E-state index contributed by atoms with van der Waals surface area (Å²) < 4.78 is 15.2. The van der Waals surface area contributed by atoms with Crippen LogP contribution in [-0.4, -0.2) is 38.8 Å². The number of aromatic nitrogens is 3. The molecule has 1 saturated heterocycles. The first-order valence-electron chi connectivity index (χ1n) is 8.90. The van der Waals surface area contributed by atoms with Crippen molar-refractivity contribution in [2.45, 2.75) is 44.7 Å². The van der Waals surface area contributed by atoms with Crippen LogP contribution in [0.2, 0.25) is 0 Å². The molecule has 1 fully saturated rings. The van der Waals surface area contributed by atoms with Gasteiger partial charge in [0.1, 0.15) is 17.5 Å². The third kappa shape index (κ3) is 3.36. The molecule has 1 aromatic heterocycles. The van der Waals surface area contributed by atoms with Crippen molar-refractivity contribution in [3.8, 4) is 0 Å². The molecule has 6 nitrogen and oxygen atoms in total. The fourth-order valence-corrected chi connectivity index (χ4v) is 3.71. The highest BCUT2D eigenvalue weighted by atomic mass is 19.1. The molecule has 25 heavy (non-hydrogen) atoms. The van der Waals surface area contributed by atoms with Crippen molar-refractivity contribution in [3.63, 3.8) is 0 Å². The Hall–Kier alpha value is -2.44. The SMILES string of the molecule is O=C(NCc1ccc(F)cc1)N1CCC(c2nnc3n2CCC3)CC1. The maximum absolute atomic E-state index is 12.9. The zero-order valence-corrected chi connectivity index (χ0v) is 14.1. The van der Waals surface area contributed by atoms with E-state index in [0.29, 0.717) is 12.5 Å². The molecule has 0 atom stereocenters. The molecule has 3 heterocycles. The fraction of sp³-hybridized carbons (Fsp3) is 0.500. The summed E-state index contributed by atoms with van der Waals surface area (Å²) >= 11 is 0. The van der Waals surface area contributed by atoms with Crippen molar-refractivity contribution in [2.75, 3.05) is 13.1 Å². The van der Waals surface area contributed by atoms with Crippen molar-refractivity contribution in [2.24, 2.45) is 0 Å². The van der Waals surface area contributed by atoms with Crippen LogP contribution in [0.15, 0.2) is 24.3 Å². The molecule has 2 aliphatic heterocycles. The molecule has 2 amide bonds. The van der Waals surface area contributed by atoms with E-state index in [4.69, 9.17) is 0 Å². The van der Waals surface area contributed by atoms with E-state index >= 15 is 0 Å². The number of hydrogen-bond acceptors (Lipinski definition) is 3.